The first-order valence-corrected chi connectivity index (χ1v) is 9.83. The summed E-state index contributed by atoms with van der Waals surface area (Å²) in [6, 6.07) is 6.21. The number of fused-ring (bicyclic) bond motifs is 1. The summed E-state index contributed by atoms with van der Waals surface area (Å²) >= 11 is 0. The highest BCUT2D eigenvalue weighted by Gasteiger charge is 2.38. The molecule has 0 aliphatic carbocycles. The lowest BCUT2D eigenvalue weighted by Gasteiger charge is -2.31. The number of likely N-dealkylation sites (tertiary alicyclic amines) is 1. The van der Waals surface area contributed by atoms with Crippen molar-refractivity contribution in [2.24, 2.45) is 0 Å². The van der Waals surface area contributed by atoms with E-state index in [-0.39, 0.29) is 34.5 Å². The molecule has 3 aromatic heterocycles. The van der Waals surface area contributed by atoms with Crippen molar-refractivity contribution in [1.82, 2.24) is 20.0 Å². The summed E-state index contributed by atoms with van der Waals surface area (Å²) in [5.41, 5.74) is 0.0842. The summed E-state index contributed by atoms with van der Waals surface area (Å²) in [6.07, 6.45) is -2.01. The van der Waals surface area contributed by atoms with Crippen molar-refractivity contribution in [3.63, 3.8) is 0 Å². The van der Waals surface area contributed by atoms with Crippen molar-refractivity contribution in [1.29, 1.82) is 0 Å². The molecule has 0 saturated carbocycles. The van der Waals surface area contributed by atoms with E-state index in [0.29, 0.717) is 37.3 Å². The molecule has 1 amide bonds. The van der Waals surface area contributed by atoms with E-state index in [1.54, 1.807) is 43.1 Å². The molecule has 6 nitrogen and oxygen atoms in total. The van der Waals surface area contributed by atoms with E-state index in [2.05, 4.69) is 15.1 Å². The number of halogens is 3. The fraction of sp³-hybridized carbons (Fsp3) is 0.429. The second kappa shape index (κ2) is 7.70. The van der Waals surface area contributed by atoms with Crippen LogP contribution in [0.4, 0.5) is 13.2 Å². The molecule has 1 aliphatic heterocycles. The Morgan fingerprint density at radius 2 is 1.97 bits per heavy atom. The number of hydrogen-bond acceptors (Lipinski definition) is 5. The molecule has 0 N–H and O–H groups in total. The second-order valence-electron chi connectivity index (χ2n) is 7.78. The number of aromatic nitrogens is 3. The van der Waals surface area contributed by atoms with Crippen LogP contribution in [0.1, 0.15) is 66.0 Å². The number of nitrogens with zero attached hydrogens (tertiary/aromatic N) is 4. The van der Waals surface area contributed by atoms with Crippen LogP contribution < -0.4 is 0 Å². The standard InChI is InChI=1S/C21H21F3N4O2/c1-12(2)16-11-14(21(22,23)24)17-18(27-30-19(17)26-16)13-6-9-28(10-7-13)20(29)15-5-3-4-8-25-15/h3-5,8,11-13H,6-7,9-10H2,1-2H3. The summed E-state index contributed by atoms with van der Waals surface area (Å²) in [5, 5.41) is 3.90. The maximum absolute atomic E-state index is 13.8. The maximum atomic E-state index is 13.8. The minimum absolute atomic E-state index is 0.0681. The Morgan fingerprint density at radius 3 is 2.57 bits per heavy atom. The van der Waals surface area contributed by atoms with Crippen LogP contribution >= 0.6 is 0 Å². The molecule has 1 aliphatic rings. The highest BCUT2D eigenvalue weighted by molar-refractivity contribution is 5.92. The molecular formula is C21H21F3N4O2. The molecule has 3 aromatic rings. The molecule has 158 valence electrons. The predicted octanol–water partition coefficient (Wildman–Crippen LogP) is 4.78. The average Bonchev–Trinajstić information content (AvgIpc) is 3.16. The highest BCUT2D eigenvalue weighted by atomic mass is 19.4. The van der Waals surface area contributed by atoms with Crippen molar-refractivity contribution in [3.05, 3.63) is 53.1 Å². The molecule has 9 heteroatoms. The van der Waals surface area contributed by atoms with Crippen molar-refractivity contribution >= 4 is 17.0 Å². The molecule has 0 atom stereocenters. The third-order valence-electron chi connectivity index (χ3n) is 5.44. The van der Waals surface area contributed by atoms with Crippen LogP contribution in [-0.4, -0.2) is 39.0 Å². The molecule has 0 radical (unpaired) electrons. The Kier molecular flexibility index (Phi) is 5.21. The van der Waals surface area contributed by atoms with E-state index in [1.165, 1.54) is 0 Å². The van der Waals surface area contributed by atoms with Crippen LogP contribution in [0, 0.1) is 0 Å². The van der Waals surface area contributed by atoms with Gasteiger partial charge in [-0.25, -0.2) is 4.98 Å². The first kappa shape index (κ1) is 20.3. The smallest absolute Gasteiger partial charge is 0.337 e. The van der Waals surface area contributed by atoms with E-state index >= 15 is 0 Å². The number of rotatable bonds is 3. The van der Waals surface area contributed by atoms with Gasteiger partial charge in [0.2, 0.25) is 0 Å². The summed E-state index contributed by atoms with van der Waals surface area (Å²) in [4.78, 5) is 22.5. The average molecular weight is 418 g/mol. The lowest BCUT2D eigenvalue weighted by atomic mass is 9.90. The number of amides is 1. The lowest BCUT2D eigenvalue weighted by molar-refractivity contribution is -0.136. The van der Waals surface area contributed by atoms with Gasteiger partial charge < -0.3 is 9.42 Å². The molecule has 0 bridgehead atoms. The van der Waals surface area contributed by atoms with Gasteiger partial charge in [0.25, 0.3) is 11.6 Å². The Labute approximate surface area is 171 Å². The van der Waals surface area contributed by atoms with E-state index in [4.69, 9.17) is 4.52 Å². The van der Waals surface area contributed by atoms with Gasteiger partial charge >= 0.3 is 6.18 Å². The Hall–Kier alpha value is -2.97. The normalized spacial score (nSPS) is 15.9. The quantitative estimate of drug-likeness (QED) is 0.612. The largest absolute Gasteiger partial charge is 0.417 e. The van der Waals surface area contributed by atoms with Crippen LogP contribution in [0.3, 0.4) is 0 Å². The van der Waals surface area contributed by atoms with Gasteiger partial charge in [-0.1, -0.05) is 25.1 Å². The maximum Gasteiger partial charge on any atom is 0.417 e. The zero-order valence-electron chi connectivity index (χ0n) is 16.6. The molecular weight excluding hydrogens is 397 g/mol. The number of hydrogen-bond donors (Lipinski definition) is 0. The Bertz CT molecular complexity index is 1060. The molecule has 1 saturated heterocycles. The van der Waals surface area contributed by atoms with Gasteiger partial charge in [0.05, 0.1) is 16.6 Å². The van der Waals surface area contributed by atoms with Gasteiger partial charge in [0.15, 0.2) is 0 Å². The van der Waals surface area contributed by atoms with E-state index in [0.717, 1.165) is 6.07 Å². The third-order valence-corrected chi connectivity index (χ3v) is 5.44. The van der Waals surface area contributed by atoms with Crippen molar-refractivity contribution in [2.75, 3.05) is 13.1 Å². The molecule has 0 unspecified atom stereocenters. The topological polar surface area (TPSA) is 72.1 Å². The first-order chi connectivity index (χ1) is 14.3. The second-order valence-corrected chi connectivity index (χ2v) is 7.78. The van der Waals surface area contributed by atoms with Gasteiger partial charge in [-0.3, -0.25) is 9.78 Å². The van der Waals surface area contributed by atoms with Crippen LogP contribution in [0.25, 0.3) is 11.1 Å². The molecule has 1 fully saturated rings. The van der Waals surface area contributed by atoms with Crippen molar-refractivity contribution in [3.8, 4) is 0 Å². The van der Waals surface area contributed by atoms with Crippen LogP contribution in [0.2, 0.25) is 0 Å². The SMILES string of the molecule is CC(C)c1cc(C(F)(F)F)c2c(C3CCN(C(=O)c4ccccn4)CC3)noc2n1. The number of alkyl halides is 3. The minimum Gasteiger partial charge on any atom is -0.337 e. The minimum atomic E-state index is -4.54. The number of carbonyl (C=O) groups is 1. The number of pyridine rings is 2. The van der Waals surface area contributed by atoms with Gasteiger partial charge in [0, 0.05) is 30.9 Å². The predicted molar refractivity (Wildman–Crippen MR) is 103 cm³/mol. The highest BCUT2D eigenvalue weighted by Crippen LogP contribution is 2.41. The van der Waals surface area contributed by atoms with Gasteiger partial charge in [-0.05, 0) is 37.0 Å². The Morgan fingerprint density at radius 1 is 1.23 bits per heavy atom. The molecule has 0 spiro atoms. The lowest BCUT2D eigenvalue weighted by Crippen LogP contribution is -2.38. The van der Waals surface area contributed by atoms with E-state index in [1.807, 2.05) is 0 Å². The molecule has 4 heterocycles. The summed E-state index contributed by atoms with van der Waals surface area (Å²) < 4.78 is 46.6. The Balaban J connectivity index is 1.61. The monoisotopic (exact) mass is 418 g/mol. The van der Waals surface area contributed by atoms with Crippen molar-refractivity contribution < 1.29 is 22.5 Å². The van der Waals surface area contributed by atoms with Crippen molar-refractivity contribution in [2.45, 2.75) is 44.7 Å². The molecule has 4 rings (SSSR count). The number of piperidine rings is 1. The summed E-state index contributed by atoms with van der Waals surface area (Å²) in [5.74, 6) is -0.602. The number of carbonyl (C=O) groups excluding carboxylic acids is 1. The van der Waals surface area contributed by atoms with Crippen LogP contribution in [-0.2, 0) is 6.18 Å². The van der Waals surface area contributed by atoms with Gasteiger partial charge in [0.1, 0.15) is 5.69 Å². The van der Waals surface area contributed by atoms with Crippen LogP contribution in [0.15, 0.2) is 35.0 Å². The van der Waals surface area contributed by atoms with Crippen LogP contribution in [0.5, 0.6) is 0 Å². The molecule has 30 heavy (non-hydrogen) atoms. The zero-order chi connectivity index (χ0) is 21.5. The van der Waals surface area contributed by atoms with E-state index < -0.39 is 11.7 Å². The third kappa shape index (κ3) is 3.76. The molecule has 0 aromatic carbocycles. The fourth-order valence-corrected chi connectivity index (χ4v) is 3.80. The zero-order valence-corrected chi connectivity index (χ0v) is 16.6. The van der Waals surface area contributed by atoms with E-state index in [9.17, 15) is 18.0 Å². The van der Waals surface area contributed by atoms with Gasteiger partial charge in [-0.15, -0.1) is 0 Å². The summed E-state index contributed by atoms with van der Waals surface area (Å²) in [6.45, 7) is 4.38. The summed E-state index contributed by atoms with van der Waals surface area (Å²) in [7, 11) is 0. The fourth-order valence-electron chi connectivity index (χ4n) is 3.80. The first-order valence-electron chi connectivity index (χ1n) is 9.83. The van der Waals surface area contributed by atoms with Gasteiger partial charge in [-0.2, -0.15) is 13.2 Å².